The van der Waals surface area contributed by atoms with Crippen molar-refractivity contribution in [3.8, 4) is 0 Å². The Balaban J connectivity index is 1.92. The third kappa shape index (κ3) is 2.94. The van der Waals surface area contributed by atoms with E-state index in [1.165, 1.54) is 6.92 Å². The van der Waals surface area contributed by atoms with E-state index in [2.05, 4.69) is 5.32 Å². The fourth-order valence-electron chi connectivity index (χ4n) is 2.81. The van der Waals surface area contributed by atoms with Gasteiger partial charge in [-0.25, -0.2) is 4.79 Å². The van der Waals surface area contributed by atoms with Crippen molar-refractivity contribution in [1.29, 1.82) is 0 Å². The van der Waals surface area contributed by atoms with Crippen molar-refractivity contribution in [2.75, 3.05) is 13.1 Å². The van der Waals surface area contributed by atoms with Crippen LogP contribution in [-0.2, 0) is 14.4 Å². The van der Waals surface area contributed by atoms with Crippen molar-refractivity contribution in [2.24, 2.45) is 11.8 Å². The molecule has 2 aliphatic rings. The number of carbonyl (C=O) groups excluding carboxylic acids is 2. The standard InChI is InChI=1S/C14H22N2O4/c1-9(17)16-7-5-10(6-8-16)12(18)15-14(2,13(19)20)11-3-4-11/h10-11H,3-8H2,1-2H3,(H,15,18)(H,19,20). The predicted molar refractivity (Wildman–Crippen MR) is 71.9 cm³/mol. The molecule has 112 valence electrons. The SMILES string of the molecule is CC(=O)N1CCC(C(=O)NC(C)(C(=O)O)C2CC2)CC1. The summed E-state index contributed by atoms with van der Waals surface area (Å²) < 4.78 is 0. The first-order valence-corrected chi connectivity index (χ1v) is 7.15. The number of aliphatic carboxylic acids is 1. The van der Waals surface area contributed by atoms with E-state index in [1.807, 2.05) is 0 Å². The van der Waals surface area contributed by atoms with Crippen molar-refractivity contribution < 1.29 is 19.5 Å². The largest absolute Gasteiger partial charge is 0.480 e. The van der Waals surface area contributed by atoms with Crippen LogP contribution in [0.4, 0.5) is 0 Å². The van der Waals surface area contributed by atoms with Gasteiger partial charge in [0.1, 0.15) is 5.54 Å². The summed E-state index contributed by atoms with van der Waals surface area (Å²) in [6.07, 6.45) is 2.91. The summed E-state index contributed by atoms with van der Waals surface area (Å²) in [5.74, 6) is -1.28. The summed E-state index contributed by atoms with van der Waals surface area (Å²) >= 11 is 0. The van der Waals surface area contributed by atoms with Crippen LogP contribution in [0.2, 0.25) is 0 Å². The molecule has 1 aliphatic carbocycles. The molecule has 1 saturated heterocycles. The molecule has 0 aromatic carbocycles. The molecular formula is C14H22N2O4. The lowest BCUT2D eigenvalue weighted by Gasteiger charge is -2.33. The Kier molecular flexibility index (Phi) is 4.01. The van der Waals surface area contributed by atoms with Crippen LogP contribution in [0.5, 0.6) is 0 Å². The van der Waals surface area contributed by atoms with Crippen LogP contribution >= 0.6 is 0 Å². The van der Waals surface area contributed by atoms with Gasteiger partial charge in [-0.05, 0) is 38.5 Å². The van der Waals surface area contributed by atoms with Crippen molar-refractivity contribution >= 4 is 17.8 Å². The number of carboxylic acids is 1. The second-order valence-corrected chi connectivity index (χ2v) is 6.05. The van der Waals surface area contributed by atoms with E-state index in [0.29, 0.717) is 25.9 Å². The van der Waals surface area contributed by atoms with E-state index in [1.54, 1.807) is 11.8 Å². The molecule has 0 radical (unpaired) electrons. The van der Waals surface area contributed by atoms with Gasteiger partial charge in [0.2, 0.25) is 11.8 Å². The lowest BCUT2D eigenvalue weighted by molar-refractivity contribution is -0.149. The molecule has 2 fully saturated rings. The molecule has 20 heavy (non-hydrogen) atoms. The van der Waals surface area contributed by atoms with Crippen LogP contribution in [0.3, 0.4) is 0 Å². The van der Waals surface area contributed by atoms with Gasteiger partial charge in [0.15, 0.2) is 0 Å². The molecule has 1 unspecified atom stereocenters. The van der Waals surface area contributed by atoms with E-state index < -0.39 is 11.5 Å². The molecule has 0 aromatic rings. The molecule has 2 rings (SSSR count). The number of hydrogen-bond acceptors (Lipinski definition) is 3. The Labute approximate surface area is 118 Å². The highest BCUT2D eigenvalue weighted by molar-refractivity contribution is 5.88. The van der Waals surface area contributed by atoms with Crippen LogP contribution in [0.25, 0.3) is 0 Å². The first-order chi connectivity index (χ1) is 9.34. The highest BCUT2D eigenvalue weighted by Gasteiger charge is 2.49. The third-order valence-corrected chi connectivity index (χ3v) is 4.53. The summed E-state index contributed by atoms with van der Waals surface area (Å²) in [4.78, 5) is 36.6. The molecule has 0 bridgehead atoms. The quantitative estimate of drug-likeness (QED) is 0.791. The summed E-state index contributed by atoms with van der Waals surface area (Å²) in [6.45, 7) is 4.26. The second-order valence-electron chi connectivity index (χ2n) is 6.05. The third-order valence-electron chi connectivity index (χ3n) is 4.53. The molecule has 1 saturated carbocycles. The first-order valence-electron chi connectivity index (χ1n) is 7.15. The monoisotopic (exact) mass is 282 g/mol. The fraction of sp³-hybridized carbons (Fsp3) is 0.786. The summed E-state index contributed by atoms with van der Waals surface area (Å²) in [5.41, 5.74) is -1.14. The molecular weight excluding hydrogens is 260 g/mol. The Morgan fingerprint density at radius 1 is 1.15 bits per heavy atom. The maximum absolute atomic E-state index is 12.2. The van der Waals surface area contributed by atoms with E-state index in [-0.39, 0.29) is 23.7 Å². The minimum absolute atomic E-state index is 0.0252. The smallest absolute Gasteiger partial charge is 0.329 e. The number of amides is 2. The van der Waals surface area contributed by atoms with E-state index >= 15 is 0 Å². The number of carbonyl (C=O) groups is 3. The Morgan fingerprint density at radius 3 is 2.10 bits per heavy atom. The minimum atomic E-state index is -1.14. The van der Waals surface area contributed by atoms with Crippen LogP contribution in [-0.4, -0.2) is 46.4 Å². The van der Waals surface area contributed by atoms with Gasteiger partial charge >= 0.3 is 5.97 Å². The van der Waals surface area contributed by atoms with Gasteiger partial charge in [0, 0.05) is 25.9 Å². The van der Waals surface area contributed by atoms with Gasteiger partial charge in [0.05, 0.1) is 0 Å². The normalized spacial score (nSPS) is 23.0. The van der Waals surface area contributed by atoms with Gasteiger partial charge in [-0.3, -0.25) is 9.59 Å². The molecule has 6 heteroatoms. The number of likely N-dealkylation sites (tertiary alicyclic amines) is 1. The molecule has 0 spiro atoms. The number of carboxylic acid groups (broad SMARTS) is 1. The first kappa shape index (κ1) is 14.8. The van der Waals surface area contributed by atoms with Gasteiger partial charge in [-0.15, -0.1) is 0 Å². The van der Waals surface area contributed by atoms with Gasteiger partial charge in [-0.2, -0.15) is 0 Å². The Bertz CT molecular complexity index is 425. The lowest BCUT2D eigenvalue weighted by atomic mass is 9.91. The zero-order chi connectivity index (χ0) is 14.9. The molecule has 1 atom stereocenters. The van der Waals surface area contributed by atoms with E-state index in [0.717, 1.165) is 12.8 Å². The topological polar surface area (TPSA) is 86.7 Å². The fourth-order valence-corrected chi connectivity index (χ4v) is 2.81. The van der Waals surface area contributed by atoms with E-state index in [4.69, 9.17) is 0 Å². The average Bonchev–Trinajstić information content (AvgIpc) is 3.23. The summed E-state index contributed by atoms with van der Waals surface area (Å²) in [6, 6.07) is 0. The number of nitrogens with zero attached hydrogens (tertiary/aromatic N) is 1. The molecule has 2 amide bonds. The zero-order valence-corrected chi connectivity index (χ0v) is 12.0. The average molecular weight is 282 g/mol. The predicted octanol–water partition coefficient (Wildman–Crippen LogP) is 0.614. The summed E-state index contributed by atoms with van der Waals surface area (Å²) in [7, 11) is 0. The Morgan fingerprint density at radius 2 is 1.70 bits per heavy atom. The minimum Gasteiger partial charge on any atom is -0.480 e. The van der Waals surface area contributed by atoms with Crippen molar-refractivity contribution in [2.45, 2.75) is 45.1 Å². The highest BCUT2D eigenvalue weighted by atomic mass is 16.4. The van der Waals surface area contributed by atoms with Gasteiger partial charge < -0.3 is 15.3 Å². The highest BCUT2D eigenvalue weighted by Crippen LogP contribution is 2.40. The van der Waals surface area contributed by atoms with Crippen LogP contribution in [0.15, 0.2) is 0 Å². The van der Waals surface area contributed by atoms with E-state index in [9.17, 15) is 19.5 Å². The van der Waals surface area contributed by atoms with Crippen molar-refractivity contribution in [3.05, 3.63) is 0 Å². The molecule has 6 nitrogen and oxygen atoms in total. The lowest BCUT2D eigenvalue weighted by Crippen LogP contribution is -2.56. The Hall–Kier alpha value is -1.59. The second kappa shape index (κ2) is 5.42. The molecule has 1 aliphatic heterocycles. The number of rotatable bonds is 4. The summed E-state index contributed by atoms with van der Waals surface area (Å²) in [5, 5.41) is 12.1. The zero-order valence-electron chi connectivity index (χ0n) is 12.0. The van der Waals surface area contributed by atoms with Crippen molar-refractivity contribution in [1.82, 2.24) is 10.2 Å². The molecule has 0 aromatic heterocycles. The van der Waals surface area contributed by atoms with Gasteiger partial charge in [-0.1, -0.05) is 0 Å². The van der Waals surface area contributed by atoms with Crippen LogP contribution < -0.4 is 5.32 Å². The van der Waals surface area contributed by atoms with Crippen LogP contribution in [0.1, 0.15) is 39.5 Å². The number of hydrogen-bond donors (Lipinski definition) is 2. The molecule has 1 heterocycles. The number of piperidine rings is 1. The van der Waals surface area contributed by atoms with Gasteiger partial charge in [0.25, 0.3) is 0 Å². The maximum atomic E-state index is 12.2. The number of nitrogens with one attached hydrogen (secondary N) is 1. The molecule has 2 N–H and O–H groups in total. The van der Waals surface area contributed by atoms with Crippen LogP contribution in [0, 0.1) is 11.8 Å². The maximum Gasteiger partial charge on any atom is 0.329 e. The van der Waals surface area contributed by atoms with Crippen molar-refractivity contribution in [3.63, 3.8) is 0 Å².